The summed E-state index contributed by atoms with van der Waals surface area (Å²) in [5.41, 5.74) is 2.39. The molecule has 1 N–H and O–H groups in total. The van der Waals surface area contributed by atoms with Crippen LogP contribution in [-0.4, -0.2) is 31.7 Å². The van der Waals surface area contributed by atoms with Crippen LogP contribution in [0.2, 0.25) is 5.02 Å². The van der Waals surface area contributed by atoms with Crippen molar-refractivity contribution in [3.05, 3.63) is 58.6 Å². The molecular weight excluding hydrogens is 360 g/mol. The van der Waals surface area contributed by atoms with Gasteiger partial charge in [-0.15, -0.1) is 0 Å². The van der Waals surface area contributed by atoms with Crippen LogP contribution in [-0.2, 0) is 14.8 Å². The lowest BCUT2D eigenvalue weighted by molar-refractivity contribution is -0.116. The van der Waals surface area contributed by atoms with Gasteiger partial charge >= 0.3 is 0 Å². The number of benzene rings is 2. The maximum Gasteiger partial charge on any atom is 0.243 e. The van der Waals surface area contributed by atoms with Crippen LogP contribution < -0.4 is 5.32 Å². The van der Waals surface area contributed by atoms with E-state index in [1.54, 1.807) is 49.4 Å². The SMILES string of the molecule is CCN(CC(=O)Nc1cc(Cl)ccc1C)S(=O)(=O)c1ccc(C)cc1. The van der Waals surface area contributed by atoms with E-state index in [0.29, 0.717) is 10.7 Å². The van der Waals surface area contributed by atoms with Gasteiger partial charge in [0.15, 0.2) is 0 Å². The first-order chi connectivity index (χ1) is 11.7. The summed E-state index contributed by atoms with van der Waals surface area (Å²) in [6.07, 6.45) is 0. The summed E-state index contributed by atoms with van der Waals surface area (Å²) >= 11 is 5.94. The summed E-state index contributed by atoms with van der Waals surface area (Å²) in [6, 6.07) is 11.7. The predicted molar refractivity (Wildman–Crippen MR) is 100 cm³/mol. The number of nitrogens with zero attached hydrogens (tertiary/aromatic N) is 1. The van der Waals surface area contributed by atoms with Crippen molar-refractivity contribution in [1.82, 2.24) is 4.31 Å². The molecule has 25 heavy (non-hydrogen) atoms. The summed E-state index contributed by atoms with van der Waals surface area (Å²) in [5.74, 6) is -0.414. The lowest BCUT2D eigenvalue weighted by Crippen LogP contribution is -2.37. The van der Waals surface area contributed by atoms with Crippen LogP contribution in [0.25, 0.3) is 0 Å². The molecule has 0 fully saturated rings. The largest absolute Gasteiger partial charge is 0.325 e. The third-order valence-corrected chi connectivity index (χ3v) is 5.98. The second kappa shape index (κ2) is 7.99. The zero-order valence-corrected chi connectivity index (χ0v) is 16.0. The van der Waals surface area contributed by atoms with E-state index >= 15 is 0 Å². The van der Waals surface area contributed by atoms with Gasteiger partial charge in [-0.25, -0.2) is 8.42 Å². The zero-order valence-electron chi connectivity index (χ0n) is 14.4. The minimum absolute atomic E-state index is 0.173. The van der Waals surface area contributed by atoms with E-state index in [1.807, 2.05) is 13.8 Å². The summed E-state index contributed by atoms with van der Waals surface area (Å²) < 4.78 is 26.6. The highest BCUT2D eigenvalue weighted by molar-refractivity contribution is 7.89. The number of amides is 1. The minimum Gasteiger partial charge on any atom is -0.325 e. The Morgan fingerprint density at radius 1 is 1.12 bits per heavy atom. The number of carbonyl (C=O) groups is 1. The predicted octanol–water partition coefficient (Wildman–Crippen LogP) is 3.61. The Kier molecular flexibility index (Phi) is 6.21. The number of aryl methyl sites for hydroxylation is 2. The van der Waals surface area contributed by atoms with E-state index in [2.05, 4.69) is 5.32 Å². The Balaban J connectivity index is 2.16. The Hall–Kier alpha value is -1.89. The summed E-state index contributed by atoms with van der Waals surface area (Å²) in [4.78, 5) is 12.5. The third-order valence-electron chi connectivity index (χ3n) is 3.81. The Morgan fingerprint density at radius 2 is 1.76 bits per heavy atom. The van der Waals surface area contributed by atoms with Crippen molar-refractivity contribution >= 4 is 33.2 Å². The number of hydrogen-bond acceptors (Lipinski definition) is 3. The average Bonchev–Trinajstić information content (AvgIpc) is 2.56. The average molecular weight is 381 g/mol. The number of likely N-dealkylation sites (N-methyl/N-ethyl adjacent to an activating group) is 1. The van der Waals surface area contributed by atoms with Crippen molar-refractivity contribution in [2.45, 2.75) is 25.7 Å². The second-order valence-corrected chi connectivity index (χ2v) is 8.13. The number of anilines is 1. The van der Waals surface area contributed by atoms with Crippen molar-refractivity contribution in [3.8, 4) is 0 Å². The molecule has 1 amide bonds. The van der Waals surface area contributed by atoms with E-state index in [9.17, 15) is 13.2 Å². The standard InChI is InChI=1S/C18H21ClN2O3S/c1-4-21(25(23,24)16-9-5-13(2)6-10-16)12-18(22)20-17-11-15(19)8-7-14(17)3/h5-11H,4,12H2,1-3H3,(H,20,22). The number of sulfonamides is 1. The number of halogens is 1. The van der Waals surface area contributed by atoms with Crippen LogP contribution in [0.1, 0.15) is 18.1 Å². The molecular formula is C18H21ClN2O3S. The van der Waals surface area contributed by atoms with Gasteiger partial charge in [0.2, 0.25) is 15.9 Å². The van der Waals surface area contributed by atoms with Crippen LogP contribution in [0.5, 0.6) is 0 Å². The summed E-state index contributed by atoms with van der Waals surface area (Å²) in [5, 5.41) is 3.22. The van der Waals surface area contributed by atoms with Crippen molar-refractivity contribution in [2.24, 2.45) is 0 Å². The number of rotatable bonds is 6. The maximum absolute atomic E-state index is 12.7. The highest BCUT2D eigenvalue weighted by atomic mass is 35.5. The van der Waals surface area contributed by atoms with Gasteiger partial charge in [-0.05, 0) is 43.7 Å². The van der Waals surface area contributed by atoms with E-state index in [-0.39, 0.29) is 18.0 Å². The highest BCUT2D eigenvalue weighted by Gasteiger charge is 2.25. The van der Waals surface area contributed by atoms with Crippen molar-refractivity contribution < 1.29 is 13.2 Å². The molecule has 7 heteroatoms. The Morgan fingerprint density at radius 3 is 2.36 bits per heavy atom. The molecule has 0 aromatic heterocycles. The topological polar surface area (TPSA) is 66.5 Å². The van der Waals surface area contributed by atoms with Gasteiger partial charge in [-0.1, -0.05) is 42.3 Å². The van der Waals surface area contributed by atoms with Crippen molar-refractivity contribution in [1.29, 1.82) is 0 Å². The number of nitrogens with one attached hydrogen (secondary N) is 1. The molecule has 0 aliphatic carbocycles. The molecule has 0 bridgehead atoms. The first-order valence-corrected chi connectivity index (χ1v) is 9.68. The molecule has 2 aromatic carbocycles. The molecule has 0 unspecified atom stereocenters. The molecule has 0 aliphatic heterocycles. The molecule has 5 nitrogen and oxygen atoms in total. The van der Waals surface area contributed by atoms with Crippen molar-refractivity contribution in [2.75, 3.05) is 18.4 Å². The summed E-state index contributed by atoms with van der Waals surface area (Å²) in [6.45, 7) is 5.35. The monoisotopic (exact) mass is 380 g/mol. The van der Waals surface area contributed by atoms with Gasteiger partial charge in [-0.3, -0.25) is 4.79 Å². The molecule has 2 rings (SSSR count). The molecule has 0 saturated carbocycles. The van der Waals surface area contributed by atoms with Gasteiger partial charge in [0.25, 0.3) is 0 Å². The first-order valence-electron chi connectivity index (χ1n) is 7.87. The quantitative estimate of drug-likeness (QED) is 0.832. The number of hydrogen-bond donors (Lipinski definition) is 1. The first kappa shape index (κ1) is 19.4. The van der Waals surface area contributed by atoms with E-state index in [0.717, 1.165) is 15.4 Å². The van der Waals surface area contributed by atoms with Gasteiger partial charge < -0.3 is 5.32 Å². The minimum atomic E-state index is -3.73. The molecule has 134 valence electrons. The van der Waals surface area contributed by atoms with Crippen molar-refractivity contribution in [3.63, 3.8) is 0 Å². The molecule has 0 atom stereocenters. The van der Waals surface area contributed by atoms with Gasteiger partial charge in [0, 0.05) is 17.3 Å². The Labute approximate surface area is 153 Å². The fourth-order valence-corrected chi connectivity index (χ4v) is 3.88. The molecule has 2 aromatic rings. The van der Waals surface area contributed by atoms with Crippen LogP contribution in [0.3, 0.4) is 0 Å². The van der Waals surface area contributed by atoms with Crippen LogP contribution in [0.4, 0.5) is 5.69 Å². The summed E-state index contributed by atoms with van der Waals surface area (Å²) in [7, 11) is -3.73. The number of carbonyl (C=O) groups excluding carboxylic acids is 1. The normalized spacial score (nSPS) is 11.6. The fourth-order valence-electron chi connectivity index (χ4n) is 2.30. The second-order valence-electron chi connectivity index (χ2n) is 5.75. The molecule has 0 aliphatic rings. The lowest BCUT2D eigenvalue weighted by atomic mass is 10.2. The van der Waals surface area contributed by atoms with Crippen LogP contribution in [0.15, 0.2) is 47.4 Å². The third kappa shape index (κ3) is 4.81. The van der Waals surface area contributed by atoms with E-state index in [4.69, 9.17) is 11.6 Å². The van der Waals surface area contributed by atoms with E-state index in [1.165, 1.54) is 0 Å². The van der Waals surface area contributed by atoms with Crippen LogP contribution >= 0.6 is 11.6 Å². The fraction of sp³-hybridized carbons (Fsp3) is 0.278. The lowest BCUT2D eigenvalue weighted by Gasteiger charge is -2.20. The van der Waals surface area contributed by atoms with Gasteiger partial charge in [0.05, 0.1) is 11.4 Å². The Bertz CT molecular complexity index is 864. The molecule has 0 saturated heterocycles. The van der Waals surface area contributed by atoms with E-state index < -0.39 is 15.9 Å². The molecule has 0 spiro atoms. The van der Waals surface area contributed by atoms with Crippen LogP contribution in [0, 0.1) is 13.8 Å². The smallest absolute Gasteiger partial charge is 0.243 e. The van der Waals surface area contributed by atoms with Gasteiger partial charge in [0.1, 0.15) is 0 Å². The maximum atomic E-state index is 12.7. The molecule has 0 radical (unpaired) electrons. The molecule has 0 heterocycles. The van der Waals surface area contributed by atoms with Gasteiger partial charge in [-0.2, -0.15) is 4.31 Å². The zero-order chi connectivity index (χ0) is 18.6. The highest BCUT2D eigenvalue weighted by Crippen LogP contribution is 2.21.